The van der Waals surface area contributed by atoms with E-state index >= 15 is 0 Å². The summed E-state index contributed by atoms with van der Waals surface area (Å²) in [5.74, 6) is -0.253. The van der Waals surface area contributed by atoms with Crippen molar-refractivity contribution in [3.05, 3.63) is 24.3 Å². The lowest BCUT2D eigenvalue weighted by molar-refractivity contribution is -0.359. The Morgan fingerprint density at radius 3 is 1.53 bits per heavy atom. The van der Waals surface area contributed by atoms with Crippen molar-refractivity contribution in [3.8, 4) is 0 Å². The zero-order valence-corrected chi connectivity index (χ0v) is 39.8. The molecule has 12 unspecified atom stereocenters. The number of rotatable bonds is 39. The molecule has 9 N–H and O–H groups in total. The summed E-state index contributed by atoms with van der Waals surface area (Å²) in [5.41, 5.74) is 0. The first-order valence-corrected chi connectivity index (χ1v) is 25.6. The predicted molar refractivity (Wildman–Crippen MR) is 249 cm³/mol. The van der Waals surface area contributed by atoms with Crippen LogP contribution in [0.5, 0.6) is 0 Å². The summed E-state index contributed by atoms with van der Waals surface area (Å²) in [6.45, 7) is 2.74. The topological polar surface area (TPSA) is 228 Å². The van der Waals surface area contributed by atoms with Crippen molar-refractivity contribution in [1.29, 1.82) is 0 Å². The number of nitrogens with one attached hydrogen (secondary N) is 1. The van der Waals surface area contributed by atoms with Crippen molar-refractivity contribution in [1.82, 2.24) is 5.32 Å². The van der Waals surface area contributed by atoms with Gasteiger partial charge in [0, 0.05) is 6.42 Å². The minimum absolute atomic E-state index is 0.253. The maximum atomic E-state index is 13.1. The SMILES string of the molecule is CCCCCCCCCCCCCCCCC/C=C/CC/C=C/C(O)C(COC1OC(CO)C(OC2OC(CO)C(O)C(O)C2O)C(O)C1O)NC(=O)CCCCCCCCCCC. The monoisotopic (exact) mass is 916 g/mol. The van der Waals surface area contributed by atoms with Crippen LogP contribution in [0.15, 0.2) is 24.3 Å². The van der Waals surface area contributed by atoms with Crippen LogP contribution < -0.4 is 5.32 Å². The van der Waals surface area contributed by atoms with E-state index in [-0.39, 0.29) is 18.9 Å². The predicted octanol–water partition coefficient (Wildman–Crippen LogP) is 6.55. The Kier molecular flexibility index (Phi) is 34.3. The van der Waals surface area contributed by atoms with Gasteiger partial charge in [-0.3, -0.25) is 4.79 Å². The normalized spacial score (nSPS) is 27.4. The first-order chi connectivity index (χ1) is 31.1. The lowest BCUT2D eigenvalue weighted by Crippen LogP contribution is -2.65. The summed E-state index contributed by atoms with van der Waals surface area (Å²) < 4.78 is 22.6. The molecule has 0 spiro atoms. The van der Waals surface area contributed by atoms with Crippen LogP contribution in [0.2, 0.25) is 0 Å². The molecule has 0 aromatic rings. The maximum absolute atomic E-state index is 13.1. The molecule has 0 radical (unpaired) electrons. The molecule has 2 aliphatic heterocycles. The number of aliphatic hydroxyl groups excluding tert-OH is 8. The Balaban J connectivity index is 1.82. The Labute approximate surface area is 386 Å². The number of amides is 1. The van der Waals surface area contributed by atoms with Crippen molar-refractivity contribution in [2.24, 2.45) is 0 Å². The summed E-state index contributed by atoms with van der Waals surface area (Å²) >= 11 is 0. The fraction of sp³-hybridized carbons (Fsp3) is 0.900. The zero-order chi connectivity index (χ0) is 46.8. The number of aliphatic hydroxyl groups is 8. The van der Waals surface area contributed by atoms with Crippen LogP contribution in [0, 0.1) is 0 Å². The van der Waals surface area contributed by atoms with Crippen LogP contribution >= 0.6 is 0 Å². The smallest absolute Gasteiger partial charge is 0.220 e. The van der Waals surface area contributed by atoms with E-state index in [0.29, 0.717) is 12.8 Å². The van der Waals surface area contributed by atoms with Gasteiger partial charge < -0.3 is 65.1 Å². The highest BCUT2D eigenvalue weighted by molar-refractivity contribution is 5.76. The molecule has 2 rings (SSSR count). The van der Waals surface area contributed by atoms with Crippen molar-refractivity contribution in [3.63, 3.8) is 0 Å². The van der Waals surface area contributed by atoms with Gasteiger partial charge in [-0.25, -0.2) is 0 Å². The van der Waals surface area contributed by atoms with Gasteiger partial charge in [0.2, 0.25) is 5.91 Å². The highest BCUT2D eigenvalue weighted by Crippen LogP contribution is 2.30. The van der Waals surface area contributed by atoms with Crippen LogP contribution in [-0.4, -0.2) is 140 Å². The molecule has 0 saturated carbocycles. The molecule has 376 valence electrons. The largest absolute Gasteiger partial charge is 0.394 e. The van der Waals surface area contributed by atoms with Gasteiger partial charge in [0.25, 0.3) is 0 Å². The van der Waals surface area contributed by atoms with Crippen molar-refractivity contribution in [2.75, 3.05) is 19.8 Å². The lowest BCUT2D eigenvalue weighted by Gasteiger charge is -2.46. The van der Waals surface area contributed by atoms with Crippen molar-refractivity contribution in [2.45, 2.75) is 267 Å². The number of hydrogen-bond acceptors (Lipinski definition) is 13. The zero-order valence-electron chi connectivity index (χ0n) is 39.8. The molecule has 14 nitrogen and oxygen atoms in total. The van der Waals surface area contributed by atoms with Gasteiger partial charge in [-0.05, 0) is 32.1 Å². The molecule has 14 heteroatoms. The molecule has 2 heterocycles. The lowest BCUT2D eigenvalue weighted by atomic mass is 9.97. The number of ether oxygens (including phenoxy) is 4. The standard InChI is InChI=1S/C50H93NO13/c1-3-5-7-9-11-13-14-15-16-17-18-19-20-21-22-23-24-26-27-29-31-33-39(54)38(51-42(55)34-32-30-28-25-12-10-8-6-4-2)37-61-49-47(60)45(58)48(41(36-53)63-49)64-50-46(59)44(57)43(56)40(35-52)62-50/h24,26,31,33,38-41,43-50,52-54,56-60H,3-23,25,27-30,32,34-37H2,1-2H3,(H,51,55)/b26-24+,33-31+. The molecule has 2 fully saturated rings. The average Bonchev–Trinajstić information content (AvgIpc) is 3.29. The first-order valence-electron chi connectivity index (χ1n) is 25.6. The third kappa shape index (κ3) is 24.5. The molecule has 12 atom stereocenters. The second-order valence-corrected chi connectivity index (χ2v) is 18.3. The molecule has 0 aliphatic carbocycles. The Hall–Kier alpha value is -1.53. The highest BCUT2D eigenvalue weighted by atomic mass is 16.7. The number of carbonyl (C=O) groups is 1. The summed E-state index contributed by atoms with van der Waals surface area (Å²) in [6.07, 6.45) is 23.8. The quantitative estimate of drug-likeness (QED) is 0.0236. The summed E-state index contributed by atoms with van der Waals surface area (Å²) in [4.78, 5) is 13.1. The molecule has 1 amide bonds. The van der Waals surface area contributed by atoms with Crippen molar-refractivity contribution < 1.29 is 64.6 Å². The van der Waals surface area contributed by atoms with Crippen LogP contribution in [0.25, 0.3) is 0 Å². The number of hydrogen-bond donors (Lipinski definition) is 9. The molecular formula is C50H93NO13. The molecule has 0 aromatic heterocycles. The first kappa shape index (κ1) is 58.6. The maximum Gasteiger partial charge on any atom is 0.220 e. The number of allylic oxidation sites excluding steroid dienone is 3. The van der Waals surface area contributed by atoms with Gasteiger partial charge in [-0.1, -0.05) is 179 Å². The van der Waals surface area contributed by atoms with Gasteiger partial charge in [-0.15, -0.1) is 0 Å². The van der Waals surface area contributed by atoms with Crippen LogP contribution in [-0.2, 0) is 23.7 Å². The molecule has 64 heavy (non-hydrogen) atoms. The third-order valence-corrected chi connectivity index (χ3v) is 12.6. The Morgan fingerprint density at radius 2 is 1.00 bits per heavy atom. The Morgan fingerprint density at radius 1 is 0.547 bits per heavy atom. The van der Waals surface area contributed by atoms with E-state index in [2.05, 4.69) is 31.3 Å². The van der Waals surface area contributed by atoms with Gasteiger partial charge in [0.05, 0.1) is 32.0 Å². The van der Waals surface area contributed by atoms with E-state index in [1.54, 1.807) is 6.08 Å². The van der Waals surface area contributed by atoms with E-state index < -0.39 is 86.8 Å². The highest BCUT2D eigenvalue weighted by Gasteiger charge is 2.51. The molecule has 2 saturated heterocycles. The van der Waals surface area contributed by atoms with Crippen LogP contribution in [0.3, 0.4) is 0 Å². The summed E-state index contributed by atoms with van der Waals surface area (Å²) in [5, 5.41) is 86.6. The Bertz CT molecular complexity index is 1170. The van der Waals surface area contributed by atoms with Gasteiger partial charge >= 0.3 is 0 Å². The number of unbranched alkanes of at least 4 members (excludes halogenated alkanes) is 24. The van der Waals surface area contributed by atoms with Gasteiger partial charge in [-0.2, -0.15) is 0 Å². The molecule has 2 aliphatic rings. The second kappa shape index (κ2) is 37.5. The average molecular weight is 916 g/mol. The molecule has 0 aromatic carbocycles. The van der Waals surface area contributed by atoms with Crippen LogP contribution in [0.4, 0.5) is 0 Å². The van der Waals surface area contributed by atoms with E-state index in [9.17, 15) is 45.6 Å². The van der Waals surface area contributed by atoms with E-state index in [4.69, 9.17) is 18.9 Å². The fourth-order valence-corrected chi connectivity index (χ4v) is 8.42. The van der Waals surface area contributed by atoms with Gasteiger partial charge in [0.15, 0.2) is 12.6 Å². The summed E-state index contributed by atoms with van der Waals surface area (Å²) in [6, 6.07) is -0.924. The molecular weight excluding hydrogens is 823 g/mol. The van der Waals surface area contributed by atoms with Gasteiger partial charge in [0.1, 0.15) is 48.8 Å². The van der Waals surface area contributed by atoms with E-state index in [1.807, 2.05) is 6.08 Å². The summed E-state index contributed by atoms with van der Waals surface area (Å²) in [7, 11) is 0. The molecule has 0 bridgehead atoms. The second-order valence-electron chi connectivity index (χ2n) is 18.3. The van der Waals surface area contributed by atoms with E-state index in [1.165, 1.54) is 128 Å². The number of carbonyl (C=O) groups excluding carboxylic acids is 1. The van der Waals surface area contributed by atoms with E-state index in [0.717, 1.165) is 32.1 Å². The van der Waals surface area contributed by atoms with Crippen molar-refractivity contribution >= 4 is 5.91 Å². The van der Waals surface area contributed by atoms with Crippen LogP contribution in [0.1, 0.15) is 194 Å². The minimum atomic E-state index is -1.79. The fourth-order valence-electron chi connectivity index (χ4n) is 8.42. The third-order valence-electron chi connectivity index (χ3n) is 12.6. The minimum Gasteiger partial charge on any atom is -0.394 e.